The molecule has 0 radical (unpaired) electrons. The molecule has 0 aliphatic heterocycles. The van der Waals surface area contributed by atoms with E-state index in [1.165, 1.54) is 19.3 Å². The molecule has 0 saturated heterocycles. The number of nitrogens with zero attached hydrogens (tertiary/aromatic N) is 3. The van der Waals surface area contributed by atoms with Crippen LogP contribution in [0.4, 0.5) is 0 Å². The minimum Gasteiger partial charge on any atom is -0.348 e. The fourth-order valence-electron chi connectivity index (χ4n) is 3.22. The Balaban J connectivity index is 1.93. The van der Waals surface area contributed by atoms with Gasteiger partial charge in [0.25, 0.3) is 5.91 Å². The molecule has 2 aromatic rings. The van der Waals surface area contributed by atoms with Gasteiger partial charge in [0.2, 0.25) is 0 Å². The highest BCUT2D eigenvalue weighted by atomic mass is 32.1. The number of allylic oxidation sites excluding steroid dienone is 1. The van der Waals surface area contributed by atoms with Gasteiger partial charge in [-0.3, -0.25) is 9.36 Å². The minimum atomic E-state index is -0.0791. The van der Waals surface area contributed by atoms with E-state index in [4.69, 9.17) is 4.99 Å². The van der Waals surface area contributed by atoms with Crippen molar-refractivity contribution in [3.05, 3.63) is 46.7 Å². The van der Waals surface area contributed by atoms with Crippen LogP contribution in [0.3, 0.4) is 0 Å². The van der Waals surface area contributed by atoms with Crippen molar-refractivity contribution in [1.29, 1.82) is 0 Å². The van der Waals surface area contributed by atoms with E-state index in [2.05, 4.69) is 17.2 Å². The molecular formula is C20H26N4OS. The predicted molar refractivity (Wildman–Crippen MR) is 107 cm³/mol. The summed E-state index contributed by atoms with van der Waals surface area (Å²) in [4.78, 5) is 22.9. The molecule has 0 bridgehead atoms. The van der Waals surface area contributed by atoms with E-state index >= 15 is 0 Å². The quantitative estimate of drug-likeness (QED) is 0.766. The highest BCUT2D eigenvalue weighted by Crippen LogP contribution is 2.21. The monoisotopic (exact) mass is 370 g/mol. The van der Waals surface area contributed by atoms with Gasteiger partial charge < -0.3 is 5.32 Å². The largest absolute Gasteiger partial charge is 0.348 e. The van der Waals surface area contributed by atoms with E-state index in [9.17, 15) is 4.79 Å². The topological polar surface area (TPSA) is 59.3 Å². The number of amides is 1. The third-order valence-electron chi connectivity index (χ3n) is 4.61. The van der Waals surface area contributed by atoms with Gasteiger partial charge in [-0.1, -0.05) is 26.2 Å². The van der Waals surface area contributed by atoms with Crippen LogP contribution in [-0.4, -0.2) is 27.2 Å². The summed E-state index contributed by atoms with van der Waals surface area (Å²) in [6.07, 6.45) is 13.9. The van der Waals surface area contributed by atoms with E-state index < -0.39 is 0 Å². The van der Waals surface area contributed by atoms with Crippen molar-refractivity contribution in [3.63, 3.8) is 0 Å². The molecule has 1 N–H and O–H groups in total. The van der Waals surface area contributed by atoms with Crippen LogP contribution < -0.4 is 5.32 Å². The van der Waals surface area contributed by atoms with Crippen molar-refractivity contribution in [2.75, 3.05) is 0 Å². The summed E-state index contributed by atoms with van der Waals surface area (Å²) in [5.74, 6) is 0.649. The number of rotatable bonds is 6. The maximum Gasteiger partial charge on any atom is 0.271 e. The van der Waals surface area contributed by atoms with E-state index in [0.29, 0.717) is 5.71 Å². The first-order valence-corrected chi connectivity index (χ1v) is 10.2. The fourth-order valence-corrected chi connectivity index (χ4v) is 4.13. The maximum absolute atomic E-state index is 13.1. The number of aryl methyl sites for hydroxylation is 1. The molecule has 0 aromatic carbocycles. The van der Waals surface area contributed by atoms with Gasteiger partial charge >= 0.3 is 0 Å². The Bertz CT molecular complexity index is 783. The van der Waals surface area contributed by atoms with Crippen LogP contribution in [0.25, 0.3) is 5.82 Å². The van der Waals surface area contributed by atoms with Crippen LogP contribution in [0.5, 0.6) is 0 Å². The Morgan fingerprint density at radius 1 is 1.42 bits per heavy atom. The molecule has 0 spiro atoms. The smallest absolute Gasteiger partial charge is 0.271 e. The Hall–Kier alpha value is -2.21. The Morgan fingerprint density at radius 2 is 2.23 bits per heavy atom. The lowest BCUT2D eigenvalue weighted by Crippen LogP contribution is -2.40. The highest BCUT2D eigenvalue weighted by Gasteiger charge is 2.22. The lowest BCUT2D eigenvalue weighted by molar-refractivity contribution is -0.115. The normalized spacial score (nSPS) is 16.7. The van der Waals surface area contributed by atoms with E-state index in [1.807, 2.05) is 35.2 Å². The number of carbonyl (C=O) groups excluding carboxylic acids is 1. The number of nitrogens with one attached hydrogen (secondary N) is 1. The molecule has 1 saturated carbocycles. The molecule has 1 amide bonds. The summed E-state index contributed by atoms with van der Waals surface area (Å²) < 4.78 is 1.85. The van der Waals surface area contributed by atoms with Crippen molar-refractivity contribution in [2.45, 2.75) is 58.4 Å². The minimum absolute atomic E-state index is 0.0791. The summed E-state index contributed by atoms with van der Waals surface area (Å²) in [7, 11) is 0. The Labute approximate surface area is 158 Å². The first-order chi connectivity index (χ1) is 12.7. The molecule has 1 fully saturated rings. The Morgan fingerprint density at radius 3 is 2.85 bits per heavy atom. The molecule has 2 heterocycles. The van der Waals surface area contributed by atoms with Crippen molar-refractivity contribution >= 4 is 28.8 Å². The number of hydrogen-bond donors (Lipinski definition) is 1. The van der Waals surface area contributed by atoms with Gasteiger partial charge in [-0.2, -0.15) is 0 Å². The van der Waals surface area contributed by atoms with Crippen LogP contribution in [0, 0.1) is 6.92 Å². The van der Waals surface area contributed by atoms with Gasteiger partial charge in [0.15, 0.2) is 0 Å². The second kappa shape index (κ2) is 8.94. The van der Waals surface area contributed by atoms with Gasteiger partial charge in [-0.15, -0.1) is 11.3 Å². The molecule has 0 atom stereocenters. The van der Waals surface area contributed by atoms with Crippen LogP contribution in [0.15, 0.2) is 41.2 Å². The summed E-state index contributed by atoms with van der Waals surface area (Å²) in [5, 5.41) is 5.22. The van der Waals surface area contributed by atoms with Crippen LogP contribution in [-0.2, 0) is 4.79 Å². The van der Waals surface area contributed by atoms with E-state index in [1.54, 1.807) is 23.9 Å². The van der Waals surface area contributed by atoms with Crippen molar-refractivity contribution in [2.24, 2.45) is 4.99 Å². The Kier molecular flexibility index (Phi) is 6.39. The summed E-state index contributed by atoms with van der Waals surface area (Å²) in [5.41, 5.74) is 1.57. The molecular weight excluding hydrogens is 344 g/mol. The summed E-state index contributed by atoms with van der Waals surface area (Å²) in [6.45, 7) is 4.08. The van der Waals surface area contributed by atoms with Gasteiger partial charge in [0.1, 0.15) is 17.9 Å². The fraction of sp³-hybridized carbons (Fsp3) is 0.450. The predicted octanol–water partition coefficient (Wildman–Crippen LogP) is 4.40. The molecule has 1 aliphatic rings. The maximum atomic E-state index is 13.1. The van der Waals surface area contributed by atoms with E-state index in [0.717, 1.165) is 35.5 Å². The molecule has 26 heavy (non-hydrogen) atoms. The highest BCUT2D eigenvalue weighted by molar-refractivity contribution is 7.13. The second-order valence-corrected chi connectivity index (χ2v) is 7.56. The molecule has 0 unspecified atom stereocenters. The number of aromatic nitrogens is 2. The zero-order chi connectivity index (χ0) is 18.4. The van der Waals surface area contributed by atoms with Gasteiger partial charge in [-0.05, 0) is 49.3 Å². The molecule has 3 rings (SSSR count). The van der Waals surface area contributed by atoms with Crippen LogP contribution in [0.1, 0.15) is 55.9 Å². The number of imidazole rings is 1. The standard InChI is InChI=1S/C20H26N4OS/c1-3-7-17(24-12-11-21-14-24)23-18(19-15(2)10-13-26-19)20(25)22-16-8-5-4-6-9-16/h7,10-14,16H,3-6,8-9H2,1-2H3,(H,22,25)/b17-7-,23-18+. The number of aliphatic imine (C=N–C) groups is 1. The van der Waals surface area contributed by atoms with Gasteiger partial charge in [0.05, 0.1) is 4.88 Å². The molecule has 6 heteroatoms. The second-order valence-electron chi connectivity index (χ2n) is 6.64. The lowest BCUT2D eigenvalue weighted by Gasteiger charge is -2.23. The third-order valence-corrected chi connectivity index (χ3v) is 5.64. The SMILES string of the molecule is CC/C=C(/N=C(/C(=O)NC1CCCCC1)c1sccc1C)n1ccnc1. The molecule has 2 aromatic heterocycles. The van der Waals surface area contributed by atoms with E-state index in [-0.39, 0.29) is 11.9 Å². The molecule has 1 aliphatic carbocycles. The summed E-state index contributed by atoms with van der Waals surface area (Å²) in [6, 6.07) is 2.29. The summed E-state index contributed by atoms with van der Waals surface area (Å²) >= 11 is 1.56. The molecule has 138 valence electrons. The van der Waals surface area contributed by atoms with Crippen LogP contribution >= 0.6 is 11.3 Å². The van der Waals surface area contributed by atoms with Gasteiger partial charge in [0, 0.05) is 18.4 Å². The number of hydrogen-bond acceptors (Lipinski definition) is 4. The number of carbonyl (C=O) groups is 1. The van der Waals surface area contributed by atoms with Crippen molar-refractivity contribution in [3.8, 4) is 0 Å². The average Bonchev–Trinajstić information content (AvgIpc) is 3.31. The average molecular weight is 371 g/mol. The van der Waals surface area contributed by atoms with Crippen molar-refractivity contribution < 1.29 is 4.79 Å². The molecule has 5 nitrogen and oxygen atoms in total. The first kappa shape index (κ1) is 18.6. The van der Waals surface area contributed by atoms with Gasteiger partial charge in [-0.25, -0.2) is 9.98 Å². The zero-order valence-electron chi connectivity index (χ0n) is 15.4. The van der Waals surface area contributed by atoms with Crippen LogP contribution in [0.2, 0.25) is 0 Å². The third kappa shape index (κ3) is 4.49. The zero-order valence-corrected chi connectivity index (χ0v) is 16.3. The first-order valence-electron chi connectivity index (χ1n) is 9.31. The van der Waals surface area contributed by atoms with Crippen molar-refractivity contribution in [1.82, 2.24) is 14.9 Å². The number of thiophene rings is 1. The lowest BCUT2D eigenvalue weighted by atomic mass is 9.95.